The van der Waals surface area contributed by atoms with Gasteiger partial charge in [0.2, 0.25) is 0 Å². The summed E-state index contributed by atoms with van der Waals surface area (Å²) in [7, 11) is 0. The van der Waals surface area contributed by atoms with Gasteiger partial charge in [0, 0.05) is 22.0 Å². The van der Waals surface area contributed by atoms with Gasteiger partial charge in [0.05, 0.1) is 4.92 Å². The van der Waals surface area contributed by atoms with Gasteiger partial charge in [0.25, 0.3) is 5.69 Å². The van der Waals surface area contributed by atoms with Gasteiger partial charge >= 0.3 is 0 Å². The van der Waals surface area contributed by atoms with Crippen molar-refractivity contribution >= 4 is 33.2 Å². The highest BCUT2D eigenvalue weighted by molar-refractivity contribution is 9.08. The fourth-order valence-corrected chi connectivity index (χ4v) is 2.57. The van der Waals surface area contributed by atoms with Crippen LogP contribution in [0.3, 0.4) is 0 Å². The van der Waals surface area contributed by atoms with E-state index in [9.17, 15) is 10.1 Å². The molecule has 21 heavy (non-hydrogen) atoms. The Morgan fingerprint density at radius 1 is 1.19 bits per heavy atom. The van der Waals surface area contributed by atoms with Crippen molar-refractivity contribution in [2.75, 3.05) is 0 Å². The lowest BCUT2D eigenvalue weighted by Crippen LogP contribution is -1.95. The minimum atomic E-state index is -0.406. The van der Waals surface area contributed by atoms with Gasteiger partial charge in [-0.25, -0.2) is 0 Å². The number of nitrogens with zero attached hydrogens (tertiary/aromatic N) is 1. The molecule has 0 atom stereocenters. The van der Waals surface area contributed by atoms with Crippen LogP contribution in [0.5, 0.6) is 11.5 Å². The molecule has 0 saturated carbocycles. The summed E-state index contributed by atoms with van der Waals surface area (Å²) in [6, 6.07) is 8.37. The van der Waals surface area contributed by atoms with Crippen LogP contribution in [0.4, 0.5) is 5.69 Å². The van der Waals surface area contributed by atoms with E-state index in [2.05, 4.69) is 15.9 Å². The van der Waals surface area contributed by atoms with E-state index in [1.54, 1.807) is 12.1 Å². The molecule has 6 heteroatoms. The van der Waals surface area contributed by atoms with Crippen molar-refractivity contribution in [3.8, 4) is 11.5 Å². The van der Waals surface area contributed by atoms with Crippen LogP contribution in [0.15, 0.2) is 30.3 Å². The van der Waals surface area contributed by atoms with E-state index in [4.69, 9.17) is 16.3 Å². The first-order valence-electron chi connectivity index (χ1n) is 6.20. The third-order valence-corrected chi connectivity index (χ3v) is 4.24. The van der Waals surface area contributed by atoms with E-state index >= 15 is 0 Å². The maximum absolute atomic E-state index is 10.9. The SMILES string of the molecule is Cc1cc(Oc2ccc([N+](=O)[O-])c(CBr)c2)cc(C)c1Cl. The number of rotatable bonds is 4. The van der Waals surface area contributed by atoms with E-state index in [0.717, 1.165) is 11.1 Å². The van der Waals surface area contributed by atoms with Crippen LogP contribution in [0.1, 0.15) is 16.7 Å². The molecule has 0 heterocycles. The van der Waals surface area contributed by atoms with Crippen LogP contribution in [-0.2, 0) is 5.33 Å². The third kappa shape index (κ3) is 3.54. The maximum Gasteiger partial charge on any atom is 0.273 e. The Bertz CT molecular complexity index is 680. The Morgan fingerprint density at radius 3 is 2.33 bits per heavy atom. The van der Waals surface area contributed by atoms with Crippen LogP contribution in [0, 0.1) is 24.0 Å². The Kier molecular flexibility index (Phi) is 4.85. The molecular weight excluding hydrogens is 358 g/mol. The number of halogens is 2. The topological polar surface area (TPSA) is 52.4 Å². The highest BCUT2D eigenvalue weighted by Gasteiger charge is 2.14. The second-order valence-corrected chi connectivity index (χ2v) is 5.59. The lowest BCUT2D eigenvalue weighted by molar-refractivity contribution is -0.385. The number of ether oxygens (including phenoxy) is 1. The lowest BCUT2D eigenvalue weighted by Gasteiger charge is -2.10. The normalized spacial score (nSPS) is 10.5. The molecule has 0 radical (unpaired) electrons. The Hall–Kier alpha value is -1.59. The molecule has 0 aliphatic carbocycles. The largest absolute Gasteiger partial charge is 0.457 e. The van der Waals surface area contributed by atoms with Crippen LogP contribution in [-0.4, -0.2) is 4.92 Å². The molecule has 0 fully saturated rings. The van der Waals surface area contributed by atoms with Crippen molar-refractivity contribution in [3.05, 3.63) is 62.2 Å². The lowest BCUT2D eigenvalue weighted by atomic mass is 10.1. The molecule has 0 aliphatic heterocycles. The molecule has 0 aliphatic rings. The van der Waals surface area contributed by atoms with Crippen LogP contribution < -0.4 is 4.74 Å². The van der Waals surface area contributed by atoms with Gasteiger partial charge in [-0.3, -0.25) is 10.1 Å². The van der Waals surface area contributed by atoms with Gasteiger partial charge in [0.1, 0.15) is 11.5 Å². The number of hydrogen-bond acceptors (Lipinski definition) is 3. The quantitative estimate of drug-likeness (QED) is 0.402. The summed E-state index contributed by atoms with van der Waals surface area (Å²) in [5, 5.41) is 12.0. The first kappa shape index (κ1) is 15.8. The molecule has 2 rings (SSSR count). The number of nitro groups is 1. The highest BCUT2D eigenvalue weighted by Crippen LogP contribution is 2.32. The molecule has 0 N–H and O–H groups in total. The summed E-state index contributed by atoms with van der Waals surface area (Å²) in [4.78, 5) is 10.5. The zero-order valence-electron chi connectivity index (χ0n) is 11.5. The molecule has 0 saturated heterocycles. The molecule has 0 unspecified atom stereocenters. The molecule has 110 valence electrons. The summed E-state index contributed by atoms with van der Waals surface area (Å²) < 4.78 is 5.77. The standard InChI is InChI=1S/C15H13BrClNO3/c1-9-5-13(6-10(2)15(9)17)21-12-3-4-14(18(19)20)11(7-12)8-16/h3-7H,8H2,1-2H3. The first-order valence-corrected chi connectivity index (χ1v) is 7.70. The summed E-state index contributed by atoms with van der Waals surface area (Å²) in [6.07, 6.45) is 0. The predicted octanol–water partition coefficient (Wildman–Crippen LogP) is 5.55. The van der Waals surface area contributed by atoms with Gasteiger partial charge in [-0.2, -0.15) is 0 Å². The van der Waals surface area contributed by atoms with Crippen LogP contribution in [0.2, 0.25) is 5.02 Å². The smallest absolute Gasteiger partial charge is 0.273 e. The van der Waals surface area contributed by atoms with Gasteiger partial charge in [-0.05, 0) is 49.2 Å². The van der Waals surface area contributed by atoms with Crippen molar-refractivity contribution in [2.45, 2.75) is 19.2 Å². The number of benzene rings is 2. The van der Waals surface area contributed by atoms with E-state index in [1.165, 1.54) is 6.07 Å². The average molecular weight is 371 g/mol. The summed E-state index contributed by atoms with van der Waals surface area (Å²) in [5.41, 5.74) is 2.49. The maximum atomic E-state index is 10.9. The molecule has 0 aromatic heterocycles. The van der Waals surface area contributed by atoms with Gasteiger partial charge in [-0.15, -0.1) is 0 Å². The van der Waals surface area contributed by atoms with Gasteiger partial charge < -0.3 is 4.74 Å². The molecule has 2 aromatic carbocycles. The third-order valence-electron chi connectivity index (χ3n) is 3.04. The Labute approximate surface area is 136 Å². The minimum absolute atomic E-state index is 0.0719. The van der Waals surface area contributed by atoms with Crippen molar-refractivity contribution in [1.29, 1.82) is 0 Å². The Morgan fingerprint density at radius 2 is 1.81 bits per heavy atom. The fraction of sp³-hybridized carbons (Fsp3) is 0.200. The summed E-state index contributed by atoms with van der Waals surface area (Å²) in [5.74, 6) is 1.21. The van der Waals surface area contributed by atoms with Crippen LogP contribution >= 0.6 is 27.5 Å². The van der Waals surface area contributed by atoms with Gasteiger partial charge in [-0.1, -0.05) is 27.5 Å². The summed E-state index contributed by atoms with van der Waals surface area (Å²) in [6.45, 7) is 3.81. The minimum Gasteiger partial charge on any atom is -0.457 e. The highest BCUT2D eigenvalue weighted by atomic mass is 79.9. The van der Waals surface area contributed by atoms with Gasteiger partial charge in [0.15, 0.2) is 0 Å². The van der Waals surface area contributed by atoms with Crippen LogP contribution in [0.25, 0.3) is 0 Å². The molecule has 0 bridgehead atoms. The second kappa shape index (κ2) is 6.45. The van der Waals surface area contributed by atoms with E-state index < -0.39 is 4.92 Å². The number of hydrogen-bond donors (Lipinski definition) is 0. The first-order chi connectivity index (χ1) is 9.92. The molecule has 2 aromatic rings. The van der Waals surface area contributed by atoms with Crippen molar-refractivity contribution < 1.29 is 9.66 Å². The molecular formula is C15H13BrClNO3. The second-order valence-electron chi connectivity index (χ2n) is 4.65. The predicted molar refractivity (Wildman–Crippen MR) is 86.7 cm³/mol. The zero-order chi connectivity index (χ0) is 15.6. The zero-order valence-corrected chi connectivity index (χ0v) is 13.9. The van der Waals surface area contributed by atoms with E-state index in [0.29, 0.717) is 27.4 Å². The Balaban J connectivity index is 2.34. The van der Waals surface area contributed by atoms with E-state index in [1.807, 2.05) is 26.0 Å². The monoisotopic (exact) mass is 369 g/mol. The number of aryl methyl sites for hydroxylation is 2. The van der Waals surface area contributed by atoms with E-state index in [-0.39, 0.29) is 5.69 Å². The van der Waals surface area contributed by atoms with Crippen molar-refractivity contribution in [3.63, 3.8) is 0 Å². The summed E-state index contributed by atoms with van der Waals surface area (Å²) >= 11 is 9.37. The average Bonchev–Trinajstić information content (AvgIpc) is 2.44. The van der Waals surface area contributed by atoms with Crippen molar-refractivity contribution in [2.24, 2.45) is 0 Å². The fourth-order valence-electron chi connectivity index (χ4n) is 2.01. The molecule has 0 amide bonds. The molecule has 4 nitrogen and oxygen atoms in total. The number of alkyl halides is 1. The van der Waals surface area contributed by atoms with Crippen molar-refractivity contribution in [1.82, 2.24) is 0 Å². The molecule has 0 spiro atoms. The number of nitro benzene ring substituents is 1.